The number of halogens is 1. The molecule has 5 nitrogen and oxygen atoms in total. The van der Waals surface area contributed by atoms with Gasteiger partial charge in [0.2, 0.25) is 0 Å². The van der Waals surface area contributed by atoms with E-state index in [4.69, 9.17) is 4.42 Å². The Hall–Kier alpha value is -1.30. The number of furan rings is 1. The summed E-state index contributed by atoms with van der Waals surface area (Å²) < 4.78 is 8.66. The van der Waals surface area contributed by atoms with E-state index in [-0.39, 0.29) is 5.69 Å². The summed E-state index contributed by atoms with van der Waals surface area (Å²) >= 11 is 3.19. The zero-order valence-electron chi connectivity index (χ0n) is 7.48. The van der Waals surface area contributed by atoms with E-state index in [9.17, 15) is 4.79 Å². The molecule has 0 radical (unpaired) electrons. The predicted molar refractivity (Wildman–Crippen MR) is 53.0 cm³/mol. The fraction of sp³-hybridized carbons (Fsp3) is 0.250. The van der Waals surface area contributed by atoms with Crippen LogP contribution in [-0.4, -0.2) is 14.3 Å². The minimum atomic E-state index is -0.155. The largest absolute Gasteiger partial charge is 0.452 e. The van der Waals surface area contributed by atoms with Crippen molar-refractivity contribution >= 4 is 15.9 Å². The van der Waals surface area contributed by atoms with Gasteiger partial charge in [-0.15, -0.1) is 0 Å². The Bertz CT molecular complexity index is 497. The monoisotopic (exact) mass is 257 g/mol. The summed E-state index contributed by atoms with van der Waals surface area (Å²) in [6, 6.07) is 3.58. The lowest BCUT2D eigenvalue weighted by Crippen LogP contribution is -2.23. The first-order valence-corrected chi connectivity index (χ1v) is 4.79. The average Bonchev–Trinajstić information content (AvgIpc) is 2.67. The lowest BCUT2D eigenvalue weighted by Gasteiger charge is -1.94. The quantitative estimate of drug-likeness (QED) is 0.807. The minimum Gasteiger partial charge on any atom is -0.452 e. The van der Waals surface area contributed by atoms with Crippen molar-refractivity contribution in [3.63, 3.8) is 0 Å². The van der Waals surface area contributed by atoms with E-state index < -0.39 is 0 Å². The third kappa shape index (κ3) is 1.65. The van der Waals surface area contributed by atoms with Crippen LogP contribution in [0.1, 0.15) is 5.76 Å². The normalized spacial score (nSPS) is 10.7. The molecule has 0 atom stereocenters. The van der Waals surface area contributed by atoms with Crippen LogP contribution < -0.4 is 5.69 Å². The van der Waals surface area contributed by atoms with Crippen LogP contribution in [0, 0.1) is 0 Å². The SMILES string of the molecule is Cn1cnn(Cc2ccc(Br)o2)c1=O. The molecule has 0 saturated carbocycles. The van der Waals surface area contributed by atoms with Crippen LogP contribution in [0.25, 0.3) is 0 Å². The van der Waals surface area contributed by atoms with Gasteiger partial charge < -0.3 is 4.42 Å². The molecule has 0 bridgehead atoms. The highest BCUT2D eigenvalue weighted by atomic mass is 79.9. The van der Waals surface area contributed by atoms with E-state index in [0.29, 0.717) is 17.0 Å². The molecule has 0 N–H and O–H groups in total. The second kappa shape index (κ2) is 3.45. The summed E-state index contributed by atoms with van der Waals surface area (Å²) in [6.07, 6.45) is 1.47. The van der Waals surface area contributed by atoms with Gasteiger partial charge in [0.25, 0.3) is 0 Å². The molecular formula is C8H8BrN3O2. The van der Waals surface area contributed by atoms with Crippen molar-refractivity contribution in [2.45, 2.75) is 6.54 Å². The average molecular weight is 258 g/mol. The molecule has 0 fully saturated rings. The summed E-state index contributed by atoms with van der Waals surface area (Å²) in [6.45, 7) is 0.352. The van der Waals surface area contributed by atoms with E-state index in [2.05, 4.69) is 21.0 Å². The fourth-order valence-electron chi connectivity index (χ4n) is 1.11. The standard InChI is InChI=1S/C8H8BrN3O2/c1-11-5-10-12(8(11)13)4-6-2-3-7(9)14-6/h2-3,5H,4H2,1H3. The van der Waals surface area contributed by atoms with Crippen LogP contribution in [0.3, 0.4) is 0 Å². The van der Waals surface area contributed by atoms with Crippen LogP contribution in [-0.2, 0) is 13.6 Å². The van der Waals surface area contributed by atoms with Crippen molar-refractivity contribution in [3.05, 3.63) is 39.4 Å². The molecule has 0 aliphatic heterocycles. The second-order valence-corrected chi connectivity index (χ2v) is 3.67. The zero-order chi connectivity index (χ0) is 10.1. The van der Waals surface area contributed by atoms with Crippen molar-refractivity contribution < 1.29 is 4.42 Å². The number of hydrogen-bond acceptors (Lipinski definition) is 3. The van der Waals surface area contributed by atoms with Gasteiger partial charge in [0.05, 0.1) is 0 Å². The Balaban J connectivity index is 2.27. The molecule has 74 valence electrons. The van der Waals surface area contributed by atoms with E-state index >= 15 is 0 Å². The summed E-state index contributed by atoms with van der Waals surface area (Å²) in [5.74, 6) is 0.692. The van der Waals surface area contributed by atoms with Crippen molar-refractivity contribution in [2.24, 2.45) is 7.05 Å². The first-order valence-electron chi connectivity index (χ1n) is 3.99. The van der Waals surface area contributed by atoms with Crippen molar-refractivity contribution in [2.75, 3.05) is 0 Å². The molecule has 2 heterocycles. The Kier molecular flexibility index (Phi) is 2.28. The summed E-state index contributed by atoms with van der Waals surface area (Å²) in [4.78, 5) is 11.4. The molecule has 0 saturated heterocycles. The third-order valence-electron chi connectivity index (χ3n) is 1.82. The maximum Gasteiger partial charge on any atom is 0.345 e. The molecule has 2 aromatic heterocycles. The maximum atomic E-state index is 11.4. The van der Waals surface area contributed by atoms with Crippen LogP contribution in [0.5, 0.6) is 0 Å². The lowest BCUT2D eigenvalue weighted by atomic mass is 10.4. The molecule has 0 aliphatic carbocycles. The van der Waals surface area contributed by atoms with E-state index in [1.54, 1.807) is 19.2 Å². The van der Waals surface area contributed by atoms with Gasteiger partial charge in [-0.1, -0.05) is 0 Å². The highest BCUT2D eigenvalue weighted by molar-refractivity contribution is 9.10. The number of rotatable bonds is 2. The highest BCUT2D eigenvalue weighted by Gasteiger charge is 2.05. The van der Waals surface area contributed by atoms with Gasteiger partial charge in [0, 0.05) is 7.05 Å². The van der Waals surface area contributed by atoms with Crippen molar-refractivity contribution in [3.8, 4) is 0 Å². The van der Waals surface area contributed by atoms with Gasteiger partial charge in [-0.25, -0.2) is 9.48 Å². The lowest BCUT2D eigenvalue weighted by molar-refractivity contribution is 0.457. The Morgan fingerprint density at radius 2 is 2.36 bits per heavy atom. The van der Waals surface area contributed by atoms with Gasteiger partial charge in [-0.05, 0) is 28.1 Å². The Labute approximate surface area is 88.1 Å². The molecule has 2 rings (SSSR count). The molecule has 0 amide bonds. The van der Waals surface area contributed by atoms with Crippen LogP contribution in [0.15, 0.2) is 32.3 Å². The van der Waals surface area contributed by atoms with Gasteiger partial charge in [-0.2, -0.15) is 5.10 Å². The first kappa shape index (κ1) is 9.26. The third-order valence-corrected chi connectivity index (χ3v) is 2.25. The Morgan fingerprint density at radius 3 is 2.86 bits per heavy atom. The Morgan fingerprint density at radius 1 is 1.57 bits per heavy atom. The van der Waals surface area contributed by atoms with Crippen LogP contribution >= 0.6 is 15.9 Å². The van der Waals surface area contributed by atoms with Crippen LogP contribution in [0.4, 0.5) is 0 Å². The number of aryl methyl sites for hydroxylation is 1. The number of nitrogens with zero attached hydrogens (tertiary/aromatic N) is 3. The van der Waals surface area contributed by atoms with Crippen LogP contribution in [0.2, 0.25) is 0 Å². The highest BCUT2D eigenvalue weighted by Crippen LogP contribution is 2.14. The molecule has 0 aliphatic rings. The van der Waals surface area contributed by atoms with Gasteiger partial charge in [-0.3, -0.25) is 4.57 Å². The number of aromatic nitrogens is 3. The fourth-order valence-corrected chi connectivity index (χ4v) is 1.45. The van der Waals surface area contributed by atoms with E-state index in [1.807, 2.05) is 0 Å². The van der Waals surface area contributed by atoms with Crippen molar-refractivity contribution in [1.82, 2.24) is 14.3 Å². The molecule has 14 heavy (non-hydrogen) atoms. The van der Waals surface area contributed by atoms with E-state index in [1.165, 1.54) is 15.6 Å². The van der Waals surface area contributed by atoms with Gasteiger partial charge >= 0.3 is 5.69 Å². The van der Waals surface area contributed by atoms with Crippen molar-refractivity contribution in [1.29, 1.82) is 0 Å². The first-order chi connectivity index (χ1) is 6.66. The molecule has 2 aromatic rings. The van der Waals surface area contributed by atoms with Gasteiger partial charge in [0.1, 0.15) is 18.6 Å². The predicted octanol–water partition coefficient (Wildman–Crippen LogP) is 0.986. The number of hydrogen-bond donors (Lipinski definition) is 0. The summed E-state index contributed by atoms with van der Waals surface area (Å²) in [5, 5.41) is 3.91. The van der Waals surface area contributed by atoms with Gasteiger partial charge in [0.15, 0.2) is 4.67 Å². The second-order valence-electron chi connectivity index (χ2n) is 2.89. The molecule has 0 spiro atoms. The summed E-state index contributed by atoms with van der Waals surface area (Å²) in [7, 11) is 1.66. The molecular weight excluding hydrogens is 250 g/mol. The molecule has 0 unspecified atom stereocenters. The molecule has 0 aromatic carbocycles. The molecule has 6 heteroatoms. The van der Waals surface area contributed by atoms with E-state index in [0.717, 1.165) is 0 Å². The summed E-state index contributed by atoms with van der Waals surface area (Å²) in [5.41, 5.74) is -0.155. The maximum absolute atomic E-state index is 11.4. The smallest absolute Gasteiger partial charge is 0.345 e. The topological polar surface area (TPSA) is 53.0 Å². The minimum absolute atomic E-state index is 0.155. The zero-order valence-corrected chi connectivity index (χ0v) is 9.06.